The van der Waals surface area contributed by atoms with E-state index in [2.05, 4.69) is 15.5 Å². The lowest BCUT2D eigenvalue weighted by Crippen LogP contribution is -2.40. The van der Waals surface area contributed by atoms with Gasteiger partial charge in [-0.05, 0) is 36.4 Å². The van der Waals surface area contributed by atoms with Crippen LogP contribution >= 0.6 is 11.3 Å². The molecule has 1 aromatic carbocycles. The Morgan fingerprint density at radius 2 is 2.03 bits per heavy atom. The standard InChI is InChI=1S/C24H28N4O5S/c1-30-12-11-28(16-22-26-27-23(31-22)20-6-5-13-34-20)15-21(29)25-17-7-8-18-19(14-17)33-24(32-18)9-3-2-4-10-24/h5-8,13-14H,2-4,9-12,15-16H2,1H3,(H,25,29). The number of benzene rings is 1. The van der Waals surface area contributed by atoms with Crippen LogP contribution < -0.4 is 14.8 Å². The van der Waals surface area contributed by atoms with Gasteiger partial charge in [0.05, 0.1) is 24.6 Å². The highest BCUT2D eigenvalue weighted by atomic mass is 32.1. The second-order valence-electron chi connectivity index (χ2n) is 8.57. The molecule has 1 amide bonds. The molecule has 34 heavy (non-hydrogen) atoms. The van der Waals surface area contributed by atoms with Crippen LogP contribution in [-0.4, -0.2) is 53.6 Å². The molecule has 1 N–H and O–H groups in total. The Balaban J connectivity index is 1.20. The molecule has 0 bridgehead atoms. The third kappa shape index (κ3) is 5.24. The number of carbonyl (C=O) groups is 1. The van der Waals surface area contributed by atoms with Gasteiger partial charge in [-0.3, -0.25) is 9.69 Å². The zero-order valence-corrected chi connectivity index (χ0v) is 19.9. The molecule has 1 spiro atoms. The van der Waals surface area contributed by atoms with Crippen LogP contribution in [0.2, 0.25) is 0 Å². The first kappa shape index (κ1) is 22.8. The van der Waals surface area contributed by atoms with Crippen LogP contribution in [0.5, 0.6) is 11.5 Å². The number of carbonyl (C=O) groups excluding carboxylic acids is 1. The van der Waals surface area contributed by atoms with Crippen molar-refractivity contribution in [2.45, 2.75) is 44.4 Å². The van der Waals surface area contributed by atoms with Gasteiger partial charge >= 0.3 is 0 Å². The van der Waals surface area contributed by atoms with E-state index in [0.29, 0.717) is 42.9 Å². The molecule has 0 radical (unpaired) electrons. The number of ether oxygens (including phenoxy) is 3. The number of aromatic nitrogens is 2. The van der Waals surface area contributed by atoms with Gasteiger partial charge < -0.3 is 23.9 Å². The summed E-state index contributed by atoms with van der Waals surface area (Å²) in [5.41, 5.74) is 0.671. The molecular weight excluding hydrogens is 456 g/mol. The normalized spacial score (nSPS) is 16.3. The molecular formula is C24H28N4O5S. The fraction of sp³-hybridized carbons (Fsp3) is 0.458. The van der Waals surface area contributed by atoms with Crippen molar-refractivity contribution in [1.29, 1.82) is 0 Å². The van der Waals surface area contributed by atoms with E-state index in [0.717, 1.165) is 36.3 Å². The maximum Gasteiger partial charge on any atom is 0.257 e. The minimum Gasteiger partial charge on any atom is -0.448 e. The molecule has 10 heteroatoms. The highest BCUT2D eigenvalue weighted by Crippen LogP contribution is 2.46. The average molecular weight is 485 g/mol. The molecule has 3 aromatic rings. The summed E-state index contributed by atoms with van der Waals surface area (Å²) in [7, 11) is 1.63. The highest BCUT2D eigenvalue weighted by molar-refractivity contribution is 7.13. The van der Waals surface area contributed by atoms with Crippen molar-refractivity contribution in [3.8, 4) is 22.3 Å². The second-order valence-corrected chi connectivity index (χ2v) is 9.51. The van der Waals surface area contributed by atoms with Crippen LogP contribution in [0.25, 0.3) is 10.8 Å². The molecule has 1 aliphatic carbocycles. The molecule has 9 nitrogen and oxygen atoms in total. The number of methoxy groups -OCH3 is 1. The van der Waals surface area contributed by atoms with E-state index in [9.17, 15) is 4.79 Å². The van der Waals surface area contributed by atoms with E-state index < -0.39 is 5.79 Å². The summed E-state index contributed by atoms with van der Waals surface area (Å²) in [5, 5.41) is 13.2. The van der Waals surface area contributed by atoms with E-state index in [1.165, 1.54) is 17.8 Å². The summed E-state index contributed by atoms with van der Waals surface area (Å²) in [6, 6.07) is 9.40. The van der Waals surface area contributed by atoms with Crippen molar-refractivity contribution >= 4 is 22.9 Å². The number of thiophene rings is 1. The van der Waals surface area contributed by atoms with Crippen molar-refractivity contribution in [2.75, 3.05) is 32.1 Å². The topological polar surface area (TPSA) is 99.0 Å². The summed E-state index contributed by atoms with van der Waals surface area (Å²) in [4.78, 5) is 15.7. The summed E-state index contributed by atoms with van der Waals surface area (Å²) in [6.07, 6.45) is 5.20. The molecule has 0 unspecified atom stereocenters. The monoisotopic (exact) mass is 484 g/mol. The van der Waals surface area contributed by atoms with Crippen LogP contribution in [0.4, 0.5) is 5.69 Å². The molecule has 5 rings (SSSR count). The number of hydrogen-bond acceptors (Lipinski definition) is 9. The summed E-state index contributed by atoms with van der Waals surface area (Å²) >= 11 is 1.54. The molecule has 1 saturated carbocycles. The van der Waals surface area contributed by atoms with Gasteiger partial charge in [-0.25, -0.2) is 0 Å². The fourth-order valence-corrected chi connectivity index (χ4v) is 4.96. The Bertz CT molecular complexity index is 1110. The fourth-order valence-electron chi connectivity index (χ4n) is 4.31. The Hall–Kier alpha value is -2.95. The summed E-state index contributed by atoms with van der Waals surface area (Å²) in [5.74, 6) is 1.67. The maximum atomic E-state index is 12.8. The van der Waals surface area contributed by atoms with E-state index in [4.69, 9.17) is 18.6 Å². The average Bonchev–Trinajstić information content (AvgIpc) is 3.57. The van der Waals surface area contributed by atoms with Gasteiger partial charge in [-0.15, -0.1) is 21.5 Å². The van der Waals surface area contributed by atoms with E-state index in [-0.39, 0.29) is 12.5 Å². The van der Waals surface area contributed by atoms with E-state index >= 15 is 0 Å². The zero-order valence-electron chi connectivity index (χ0n) is 19.1. The number of amides is 1. The van der Waals surface area contributed by atoms with Gasteiger partial charge in [0.1, 0.15) is 0 Å². The zero-order chi connectivity index (χ0) is 23.4. The lowest BCUT2D eigenvalue weighted by molar-refractivity contribution is -0.117. The van der Waals surface area contributed by atoms with Crippen molar-refractivity contribution < 1.29 is 23.4 Å². The number of anilines is 1. The molecule has 2 aliphatic rings. The Morgan fingerprint density at radius 3 is 2.82 bits per heavy atom. The Morgan fingerprint density at radius 1 is 1.18 bits per heavy atom. The summed E-state index contributed by atoms with van der Waals surface area (Å²) in [6.45, 7) is 1.52. The molecule has 180 valence electrons. The first-order valence-corrected chi connectivity index (χ1v) is 12.4. The predicted molar refractivity (Wildman–Crippen MR) is 127 cm³/mol. The van der Waals surface area contributed by atoms with Gasteiger partial charge in [-0.1, -0.05) is 12.5 Å². The van der Waals surface area contributed by atoms with Gasteiger partial charge in [0, 0.05) is 38.2 Å². The maximum absolute atomic E-state index is 12.8. The van der Waals surface area contributed by atoms with Crippen LogP contribution in [0, 0.1) is 0 Å². The molecule has 0 saturated heterocycles. The van der Waals surface area contributed by atoms with E-state index in [1.54, 1.807) is 7.11 Å². The lowest BCUT2D eigenvalue weighted by Gasteiger charge is -2.31. The number of hydrogen-bond donors (Lipinski definition) is 1. The van der Waals surface area contributed by atoms with Crippen molar-refractivity contribution in [2.24, 2.45) is 0 Å². The third-order valence-electron chi connectivity index (χ3n) is 5.97. The summed E-state index contributed by atoms with van der Waals surface area (Å²) < 4.78 is 23.3. The van der Waals surface area contributed by atoms with Crippen LogP contribution in [0.3, 0.4) is 0 Å². The second kappa shape index (κ2) is 10.1. The first-order chi connectivity index (χ1) is 16.6. The van der Waals surface area contributed by atoms with Crippen LogP contribution in [0.15, 0.2) is 40.1 Å². The van der Waals surface area contributed by atoms with Crippen molar-refractivity contribution in [1.82, 2.24) is 15.1 Å². The number of rotatable bonds is 9. The Kier molecular flexibility index (Phi) is 6.80. The smallest absolute Gasteiger partial charge is 0.257 e. The lowest BCUT2D eigenvalue weighted by atomic mass is 9.94. The molecule has 2 aromatic heterocycles. The van der Waals surface area contributed by atoms with Gasteiger partial charge in [0.2, 0.25) is 11.8 Å². The number of nitrogens with one attached hydrogen (secondary N) is 1. The first-order valence-electron chi connectivity index (χ1n) is 11.5. The number of fused-ring (bicyclic) bond motifs is 1. The van der Waals surface area contributed by atoms with E-state index in [1.807, 2.05) is 40.6 Å². The minimum atomic E-state index is -0.536. The third-order valence-corrected chi connectivity index (χ3v) is 6.83. The van der Waals surface area contributed by atoms with Crippen molar-refractivity contribution in [3.63, 3.8) is 0 Å². The highest BCUT2D eigenvalue weighted by Gasteiger charge is 2.42. The molecule has 3 heterocycles. The SMILES string of the molecule is COCCN(CC(=O)Nc1ccc2c(c1)OC1(CCCCC1)O2)Cc1nnc(-c2cccs2)o1. The van der Waals surface area contributed by atoms with Crippen LogP contribution in [0.1, 0.15) is 38.0 Å². The Labute approximate surface area is 202 Å². The van der Waals surface area contributed by atoms with Gasteiger partial charge in [0.25, 0.3) is 11.7 Å². The molecule has 1 fully saturated rings. The molecule has 0 atom stereocenters. The van der Waals surface area contributed by atoms with Crippen LogP contribution in [-0.2, 0) is 16.1 Å². The van der Waals surface area contributed by atoms with Gasteiger partial charge in [-0.2, -0.15) is 0 Å². The minimum absolute atomic E-state index is 0.151. The molecule has 1 aliphatic heterocycles. The van der Waals surface area contributed by atoms with Gasteiger partial charge in [0.15, 0.2) is 11.5 Å². The largest absolute Gasteiger partial charge is 0.448 e. The number of nitrogens with zero attached hydrogens (tertiary/aromatic N) is 3. The van der Waals surface area contributed by atoms with Crippen molar-refractivity contribution in [3.05, 3.63) is 41.6 Å². The quantitative estimate of drug-likeness (QED) is 0.480. The predicted octanol–water partition coefficient (Wildman–Crippen LogP) is 4.32.